The van der Waals surface area contributed by atoms with Crippen LogP contribution in [0.25, 0.3) is 11.1 Å². The normalized spacial score (nSPS) is 14.0. The number of nitrogens with zero attached hydrogens (tertiary/aromatic N) is 2. The lowest BCUT2D eigenvalue weighted by Gasteiger charge is -2.22. The zero-order chi connectivity index (χ0) is 22.5. The molecule has 0 saturated carbocycles. The van der Waals surface area contributed by atoms with Gasteiger partial charge < -0.3 is 10.4 Å². The Kier molecular flexibility index (Phi) is 7.87. The molecule has 1 aromatic carbocycles. The third kappa shape index (κ3) is 6.21. The van der Waals surface area contributed by atoms with Crippen LogP contribution in [0.15, 0.2) is 42.6 Å². The van der Waals surface area contributed by atoms with Gasteiger partial charge in [-0.1, -0.05) is 30.3 Å². The van der Waals surface area contributed by atoms with Crippen molar-refractivity contribution in [3.63, 3.8) is 0 Å². The minimum Gasteiger partial charge on any atom is -0.386 e. The van der Waals surface area contributed by atoms with Crippen LogP contribution in [-0.2, 0) is 21.4 Å². The highest BCUT2D eigenvalue weighted by Crippen LogP contribution is 2.24. The number of benzene rings is 1. The first-order valence-electron chi connectivity index (χ1n) is 8.54. The quantitative estimate of drug-likeness (QED) is 0.452. The second-order valence-electron chi connectivity index (χ2n) is 6.38. The largest absolute Gasteiger partial charge is 0.386 e. The lowest BCUT2D eigenvalue weighted by atomic mass is 9.99. The second-order valence-corrected chi connectivity index (χ2v) is 8.25. The van der Waals surface area contributed by atoms with Crippen molar-refractivity contribution < 1.29 is 36.0 Å². The first-order valence-corrected chi connectivity index (χ1v) is 10.4. The second kappa shape index (κ2) is 9.96. The molecule has 2 aromatic rings. The maximum atomic E-state index is 13.4. The molecular weight excluding hydrogens is 430 g/mol. The zero-order valence-electron chi connectivity index (χ0n) is 15.7. The van der Waals surface area contributed by atoms with E-state index >= 15 is 0 Å². The van der Waals surface area contributed by atoms with Crippen LogP contribution < -0.4 is 5.32 Å². The number of nitrogens with one attached hydrogen (secondary N) is 1. The molecule has 0 fully saturated rings. The summed E-state index contributed by atoms with van der Waals surface area (Å²) in [4.78, 5) is 15.0. The smallest absolute Gasteiger partial charge is 0.315 e. The number of sulfonamides is 1. The van der Waals surface area contributed by atoms with Gasteiger partial charge in [0.1, 0.15) is 12.8 Å². The summed E-state index contributed by atoms with van der Waals surface area (Å²) in [5.74, 6) is -1.68. The summed E-state index contributed by atoms with van der Waals surface area (Å²) in [6.45, 7) is -1.79. The highest BCUT2D eigenvalue weighted by atomic mass is 32.2. The molecule has 30 heavy (non-hydrogen) atoms. The zero-order valence-corrected chi connectivity index (χ0v) is 16.5. The number of amides is 1. The first-order chi connectivity index (χ1) is 14.0. The molecule has 0 bridgehead atoms. The van der Waals surface area contributed by atoms with Crippen LogP contribution in [0, 0.1) is 0 Å². The summed E-state index contributed by atoms with van der Waals surface area (Å²) in [5, 5.41) is 11.9. The van der Waals surface area contributed by atoms with Crippen molar-refractivity contribution in [1.82, 2.24) is 14.8 Å². The number of rotatable bonds is 9. The maximum Gasteiger partial charge on any atom is 0.315 e. The van der Waals surface area contributed by atoms with E-state index in [0.717, 1.165) is 6.26 Å². The van der Waals surface area contributed by atoms with Gasteiger partial charge in [-0.05, 0) is 21.7 Å². The summed E-state index contributed by atoms with van der Waals surface area (Å²) < 4.78 is 73.0. The van der Waals surface area contributed by atoms with Gasteiger partial charge >= 0.3 is 6.43 Å². The number of hydrogen-bond donors (Lipinski definition) is 2. The Labute approximate surface area is 170 Å². The number of aliphatic hydroxyl groups excluding tert-OH is 1. The molecule has 1 aromatic heterocycles. The van der Waals surface area contributed by atoms with E-state index in [4.69, 9.17) is 0 Å². The van der Waals surface area contributed by atoms with Crippen molar-refractivity contribution in [2.24, 2.45) is 0 Å². The lowest BCUT2D eigenvalue weighted by molar-refractivity contribution is -0.133. The number of hydrogen-bond acceptors (Lipinski definition) is 5. The standard InChI is InChI=1S/C18H19F4N3O4S/c1-30(28,29)25(22)10-14-7-6-13(9-23-14)11-2-4-12(5-3-11)16(26)15(8-19)24-18(27)17(20)21/h2-7,9,15-17,26H,8,10H2,1H3,(H,24,27)/t15-,16-/m1/s1. The van der Waals surface area contributed by atoms with E-state index < -0.39 is 47.7 Å². The Hall–Kier alpha value is -2.57. The minimum absolute atomic E-state index is 0.180. The average molecular weight is 449 g/mol. The molecule has 0 saturated heterocycles. The van der Waals surface area contributed by atoms with Crippen molar-refractivity contribution in [3.05, 3.63) is 53.9 Å². The van der Waals surface area contributed by atoms with Crippen molar-refractivity contribution in [2.75, 3.05) is 12.9 Å². The third-order valence-corrected chi connectivity index (χ3v) is 4.98. The van der Waals surface area contributed by atoms with E-state index in [0.29, 0.717) is 11.1 Å². The van der Waals surface area contributed by atoms with E-state index in [9.17, 15) is 36.0 Å². The molecular formula is C18H19F4N3O4S. The summed E-state index contributed by atoms with van der Waals surface area (Å²) in [5.41, 5.74) is 1.59. The molecule has 2 N–H and O–H groups in total. The SMILES string of the molecule is CS(=O)(=O)N(F)Cc1ccc(-c2ccc([C@@H](O)[C@@H](CF)NC(=O)C(F)F)cc2)cn1. The number of alkyl halides is 3. The fourth-order valence-electron chi connectivity index (χ4n) is 2.49. The van der Waals surface area contributed by atoms with Gasteiger partial charge in [-0.3, -0.25) is 9.78 Å². The number of pyridine rings is 1. The van der Waals surface area contributed by atoms with Gasteiger partial charge in [0.05, 0.1) is 24.5 Å². The Morgan fingerprint density at radius 3 is 2.23 bits per heavy atom. The number of carbonyl (C=O) groups excluding carboxylic acids is 1. The van der Waals surface area contributed by atoms with Crippen LogP contribution in [-0.4, -0.2) is 54.3 Å². The number of halogens is 4. The molecule has 0 radical (unpaired) electrons. The minimum atomic E-state index is -3.99. The van der Waals surface area contributed by atoms with E-state index in [-0.39, 0.29) is 15.8 Å². The molecule has 2 rings (SSSR count). The van der Waals surface area contributed by atoms with Gasteiger partial charge in [-0.2, -0.15) is 8.78 Å². The van der Waals surface area contributed by atoms with Gasteiger partial charge in [0.25, 0.3) is 5.91 Å². The summed E-state index contributed by atoms with van der Waals surface area (Å²) in [6, 6.07) is 7.45. The maximum absolute atomic E-state index is 13.4. The van der Waals surface area contributed by atoms with Gasteiger partial charge in [0, 0.05) is 11.8 Å². The molecule has 2 atom stereocenters. The summed E-state index contributed by atoms with van der Waals surface area (Å²) >= 11 is 0. The molecule has 1 heterocycles. The predicted octanol–water partition coefficient (Wildman–Crippen LogP) is 2.15. The van der Waals surface area contributed by atoms with E-state index in [2.05, 4.69) is 4.98 Å². The van der Waals surface area contributed by atoms with Crippen molar-refractivity contribution in [3.8, 4) is 11.1 Å². The van der Waals surface area contributed by atoms with Crippen LogP contribution in [0.5, 0.6) is 0 Å². The van der Waals surface area contributed by atoms with Gasteiger partial charge in [-0.15, -0.1) is 4.48 Å². The monoisotopic (exact) mass is 449 g/mol. The Morgan fingerprint density at radius 2 is 1.77 bits per heavy atom. The molecule has 7 nitrogen and oxygen atoms in total. The van der Waals surface area contributed by atoms with Crippen LogP contribution in [0.1, 0.15) is 17.4 Å². The molecule has 0 aliphatic heterocycles. The Morgan fingerprint density at radius 1 is 1.17 bits per heavy atom. The van der Waals surface area contributed by atoms with Crippen molar-refractivity contribution in [2.45, 2.75) is 25.1 Å². The molecule has 0 spiro atoms. The predicted molar refractivity (Wildman–Crippen MR) is 100 cm³/mol. The molecule has 164 valence electrons. The molecule has 1 amide bonds. The van der Waals surface area contributed by atoms with E-state index in [1.54, 1.807) is 23.5 Å². The fourth-order valence-corrected chi connectivity index (χ4v) is 2.85. The Bertz CT molecular complexity index is 956. The lowest BCUT2D eigenvalue weighted by Crippen LogP contribution is -2.43. The van der Waals surface area contributed by atoms with Gasteiger partial charge in [0.2, 0.25) is 10.0 Å². The van der Waals surface area contributed by atoms with Crippen molar-refractivity contribution >= 4 is 15.9 Å². The van der Waals surface area contributed by atoms with Crippen LogP contribution in [0.2, 0.25) is 0 Å². The fraction of sp³-hybridized carbons (Fsp3) is 0.333. The van der Waals surface area contributed by atoms with E-state index in [1.807, 2.05) is 0 Å². The highest BCUT2D eigenvalue weighted by molar-refractivity contribution is 7.88. The molecule has 12 heteroatoms. The van der Waals surface area contributed by atoms with Crippen LogP contribution >= 0.6 is 0 Å². The molecule has 0 aliphatic carbocycles. The number of aromatic nitrogens is 1. The summed E-state index contributed by atoms with van der Waals surface area (Å²) in [6.07, 6.45) is -2.75. The third-order valence-electron chi connectivity index (χ3n) is 4.13. The van der Waals surface area contributed by atoms with Gasteiger partial charge in [0.15, 0.2) is 0 Å². The van der Waals surface area contributed by atoms with Crippen molar-refractivity contribution in [1.29, 1.82) is 0 Å². The summed E-state index contributed by atoms with van der Waals surface area (Å²) in [7, 11) is -3.99. The number of carbonyl (C=O) groups is 1. The van der Waals surface area contributed by atoms with E-state index in [1.165, 1.54) is 24.4 Å². The average Bonchev–Trinajstić information content (AvgIpc) is 2.71. The van der Waals surface area contributed by atoms with Crippen LogP contribution in [0.4, 0.5) is 17.7 Å². The molecule has 0 aliphatic rings. The highest BCUT2D eigenvalue weighted by Gasteiger charge is 2.26. The molecule has 0 unspecified atom stereocenters. The Balaban J connectivity index is 2.10. The number of aliphatic hydroxyl groups is 1. The topological polar surface area (TPSA) is 99.6 Å². The first kappa shape index (κ1) is 23.7. The van der Waals surface area contributed by atoms with Crippen LogP contribution in [0.3, 0.4) is 0 Å². The van der Waals surface area contributed by atoms with Gasteiger partial charge in [-0.25, -0.2) is 12.8 Å².